The van der Waals surface area contributed by atoms with Crippen molar-refractivity contribution in [1.29, 1.82) is 0 Å². The number of nitrogens with zero attached hydrogens (tertiary/aromatic N) is 4. The molecule has 1 aliphatic heterocycles. The highest BCUT2D eigenvalue weighted by Gasteiger charge is 2.29. The third-order valence-corrected chi connectivity index (χ3v) is 5.82. The fourth-order valence-corrected chi connectivity index (χ4v) is 4.27. The molecule has 0 saturated carbocycles. The van der Waals surface area contributed by atoms with Crippen LogP contribution < -0.4 is 5.56 Å². The molecule has 2 aromatic carbocycles. The van der Waals surface area contributed by atoms with E-state index in [0.717, 1.165) is 13.1 Å². The second-order valence-electron chi connectivity index (χ2n) is 8.68. The zero-order valence-electron chi connectivity index (χ0n) is 18.7. The number of amides is 1. The van der Waals surface area contributed by atoms with E-state index in [0.29, 0.717) is 25.3 Å². The summed E-state index contributed by atoms with van der Waals surface area (Å²) in [6.07, 6.45) is 0. The molecular weight excluding hydrogens is 400 g/mol. The number of carbonyl (C=O) groups is 1. The molecular formula is C26H30N4O2. The maximum atomic E-state index is 13.1. The van der Waals surface area contributed by atoms with Crippen LogP contribution in [0.1, 0.15) is 41.5 Å². The first-order valence-electron chi connectivity index (χ1n) is 11.2. The number of carbonyl (C=O) groups excluding carboxylic acids is 1. The van der Waals surface area contributed by atoms with Crippen molar-refractivity contribution in [1.82, 2.24) is 19.6 Å². The summed E-state index contributed by atoms with van der Waals surface area (Å²) in [6.45, 7) is 7.34. The Labute approximate surface area is 189 Å². The van der Waals surface area contributed by atoms with Gasteiger partial charge in [0.05, 0.1) is 6.04 Å². The number of rotatable bonds is 6. The number of hydrogen-bond donors (Lipinski definition) is 0. The summed E-state index contributed by atoms with van der Waals surface area (Å²) >= 11 is 0. The predicted octanol–water partition coefficient (Wildman–Crippen LogP) is 3.45. The molecule has 0 N–H and O–H groups in total. The van der Waals surface area contributed by atoms with E-state index in [2.05, 4.69) is 58.5 Å². The average Bonchev–Trinajstić information content (AvgIpc) is 2.82. The Morgan fingerprint density at radius 2 is 1.41 bits per heavy atom. The monoisotopic (exact) mass is 430 g/mol. The van der Waals surface area contributed by atoms with Crippen LogP contribution in [0.25, 0.3) is 0 Å². The Hall–Kier alpha value is -3.25. The van der Waals surface area contributed by atoms with E-state index in [1.165, 1.54) is 21.9 Å². The number of benzene rings is 2. The molecule has 6 heteroatoms. The molecule has 1 amide bonds. The third-order valence-electron chi connectivity index (χ3n) is 5.82. The Morgan fingerprint density at radius 1 is 0.844 bits per heavy atom. The van der Waals surface area contributed by atoms with Gasteiger partial charge in [0.1, 0.15) is 5.69 Å². The molecule has 1 saturated heterocycles. The predicted molar refractivity (Wildman–Crippen MR) is 126 cm³/mol. The topological polar surface area (TPSA) is 58.4 Å². The zero-order chi connectivity index (χ0) is 22.5. The maximum absolute atomic E-state index is 13.1. The van der Waals surface area contributed by atoms with Gasteiger partial charge in [-0.2, -0.15) is 5.10 Å². The van der Waals surface area contributed by atoms with Crippen molar-refractivity contribution in [2.45, 2.75) is 26.4 Å². The van der Waals surface area contributed by atoms with Crippen molar-refractivity contribution in [2.75, 3.05) is 26.2 Å². The molecule has 1 aliphatic rings. The lowest BCUT2D eigenvalue weighted by Gasteiger charge is -2.39. The zero-order valence-corrected chi connectivity index (χ0v) is 18.7. The number of hydrogen-bond acceptors (Lipinski definition) is 4. The van der Waals surface area contributed by atoms with Gasteiger partial charge in [0, 0.05) is 38.8 Å². The van der Waals surface area contributed by atoms with Gasteiger partial charge in [-0.3, -0.25) is 14.5 Å². The van der Waals surface area contributed by atoms with Crippen LogP contribution in [0.4, 0.5) is 0 Å². The van der Waals surface area contributed by atoms with Gasteiger partial charge in [-0.05, 0) is 23.1 Å². The lowest BCUT2D eigenvalue weighted by Crippen LogP contribution is -2.50. The maximum Gasteiger partial charge on any atom is 0.274 e. The quantitative estimate of drug-likeness (QED) is 0.601. The second-order valence-corrected chi connectivity index (χ2v) is 8.68. The van der Waals surface area contributed by atoms with Crippen LogP contribution in [0.15, 0.2) is 77.6 Å². The van der Waals surface area contributed by atoms with Gasteiger partial charge in [0.15, 0.2) is 0 Å². The van der Waals surface area contributed by atoms with E-state index >= 15 is 0 Å². The summed E-state index contributed by atoms with van der Waals surface area (Å²) in [5, 5.41) is 4.34. The molecule has 0 radical (unpaired) electrons. The van der Waals surface area contributed by atoms with Crippen LogP contribution >= 0.6 is 0 Å². The van der Waals surface area contributed by atoms with E-state index < -0.39 is 0 Å². The molecule has 166 valence electrons. The Morgan fingerprint density at radius 3 is 1.94 bits per heavy atom. The fraction of sp³-hybridized carbons (Fsp3) is 0.346. The minimum Gasteiger partial charge on any atom is -0.335 e. The van der Waals surface area contributed by atoms with Crippen molar-refractivity contribution in [3.8, 4) is 0 Å². The normalized spacial score (nSPS) is 14.8. The molecule has 0 aliphatic carbocycles. The molecule has 3 aromatic rings. The molecule has 4 rings (SSSR count). The Bertz CT molecular complexity index is 1050. The summed E-state index contributed by atoms with van der Waals surface area (Å²) < 4.78 is 1.40. The molecule has 0 spiro atoms. The lowest BCUT2D eigenvalue weighted by atomic mass is 9.96. The van der Waals surface area contributed by atoms with Crippen LogP contribution in [0, 0.1) is 5.92 Å². The van der Waals surface area contributed by atoms with Crippen molar-refractivity contribution in [3.63, 3.8) is 0 Å². The summed E-state index contributed by atoms with van der Waals surface area (Å²) in [6, 6.07) is 24.2. The van der Waals surface area contributed by atoms with Crippen LogP contribution in [-0.4, -0.2) is 51.7 Å². The minimum absolute atomic E-state index is 0.113. The van der Waals surface area contributed by atoms with Gasteiger partial charge in [0.2, 0.25) is 0 Å². The first kappa shape index (κ1) is 22.0. The standard InChI is InChI=1S/C26H30N4O2/c1-20(2)19-30-24(31)14-13-23(27-30)26(32)29-17-15-28(16-18-29)25(21-9-5-3-6-10-21)22-11-7-4-8-12-22/h3-14,20,25H,15-19H2,1-2H3. The first-order chi connectivity index (χ1) is 15.5. The Kier molecular flexibility index (Phi) is 6.81. The van der Waals surface area contributed by atoms with E-state index in [1.54, 1.807) is 6.07 Å². The van der Waals surface area contributed by atoms with Crippen molar-refractivity contribution >= 4 is 5.91 Å². The SMILES string of the molecule is CC(C)Cn1nc(C(=O)N2CCN(C(c3ccccc3)c3ccccc3)CC2)ccc1=O. The smallest absolute Gasteiger partial charge is 0.274 e. The van der Waals surface area contributed by atoms with Crippen molar-refractivity contribution in [3.05, 3.63) is 100.0 Å². The van der Waals surface area contributed by atoms with Gasteiger partial charge in [0.25, 0.3) is 11.5 Å². The lowest BCUT2D eigenvalue weighted by molar-refractivity contribution is 0.0589. The number of piperazine rings is 1. The molecule has 32 heavy (non-hydrogen) atoms. The number of aromatic nitrogens is 2. The van der Waals surface area contributed by atoms with Gasteiger partial charge >= 0.3 is 0 Å². The fourth-order valence-electron chi connectivity index (χ4n) is 4.27. The minimum atomic E-state index is -0.173. The van der Waals surface area contributed by atoms with Crippen LogP contribution in [0.2, 0.25) is 0 Å². The van der Waals surface area contributed by atoms with Crippen molar-refractivity contribution in [2.24, 2.45) is 5.92 Å². The molecule has 2 heterocycles. The van der Waals surface area contributed by atoms with E-state index in [4.69, 9.17) is 0 Å². The molecule has 0 atom stereocenters. The molecule has 6 nitrogen and oxygen atoms in total. The summed E-state index contributed by atoms with van der Waals surface area (Å²) in [5.41, 5.74) is 2.66. The van der Waals surface area contributed by atoms with Gasteiger partial charge in [-0.15, -0.1) is 0 Å². The summed E-state index contributed by atoms with van der Waals surface area (Å²) in [4.78, 5) is 29.4. The molecule has 1 fully saturated rings. The highest BCUT2D eigenvalue weighted by molar-refractivity contribution is 5.92. The van der Waals surface area contributed by atoms with E-state index in [-0.39, 0.29) is 23.4 Å². The van der Waals surface area contributed by atoms with Crippen LogP contribution in [0.5, 0.6) is 0 Å². The molecule has 0 unspecified atom stereocenters. The van der Waals surface area contributed by atoms with Crippen molar-refractivity contribution < 1.29 is 4.79 Å². The highest BCUT2D eigenvalue weighted by Crippen LogP contribution is 2.29. The second kappa shape index (κ2) is 9.92. The van der Waals surface area contributed by atoms with Gasteiger partial charge in [-0.25, -0.2) is 4.68 Å². The highest BCUT2D eigenvalue weighted by atomic mass is 16.2. The van der Waals surface area contributed by atoms with Crippen LogP contribution in [0.3, 0.4) is 0 Å². The largest absolute Gasteiger partial charge is 0.335 e. The summed E-state index contributed by atoms with van der Waals surface area (Å²) in [7, 11) is 0. The van der Waals surface area contributed by atoms with E-state index in [9.17, 15) is 9.59 Å². The van der Waals surface area contributed by atoms with E-state index in [1.807, 2.05) is 30.9 Å². The molecule has 0 bridgehead atoms. The Balaban J connectivity index is 1.49. The first-order valence-corrected chi connectivity index (χ1v) is 11.2. The average molecular weight is 431 g/mol. The van der Waals surface area contributed by atoms with Gasteiger partial charge in [-0.1, -0.05) is 74.5 Å². The third kappa shape index (κ3) is 4.97. The molecule has 1 aromatic heterocycles. The van der Waals surface area contributed by atoms with Crippen LogP contribution in [-0.2, 0) is 6.54 Å². The van der Waals surface area contributed by atoms with Gasteiger partial charge < -0.3 is 4.90 Å². The summed E-state index contributed by atoms with van der Waals surface area (Å²) in [5.74, 6) is 0.167.